The third-order valence-corrected chi connectivity index (χ3v) is 4.86. The van der Waals surface area contributed by atoms with Crippen LogP contribution in [0.4, 0.5) is 0 Å². The van der Waals surface area contributed by atoms with E-state index >= 15 is 0 Å². The largest absolute Gasteiger partial charge is 0.402 e. The smallest absolute Gasteiger partial charge is 0.395 e. The summed E-state index contributed by atoms with van der Waals surface area (Å²) in [5.41, 5.74) is 5.48. The van der Waals surface area contributed by atoms with Crippen LogP contribution in [0.1, 0.15) is 5.56 Å². The normalized spacial score (nSPS) is 13.1. The first kappa shape index (κ1) is 9.69. The quantitative estimate of drug-likeness (QED) is 0.402. The molecule has 0 bridgehead atoms. The minimum Gasteiger partial charge on any atom is -0.402 e. The predicted molar refractivity (Wildman–Crippen MR) is 74.1 cm³/mol. The van der Waals surface area contributed by atoms with Crippen LogP contribution in [0.3, 0.4) is 0 Å². The average Bonchev–Trinajstić information content (AvgIpc) is 3.07. The van der Waals surface area contributed by atoms with Crippen molar-refractivity contribution in [1.82, 2.24) is 4.98 Å². The van der Waals surface area contributed by atoms with Crippen LogP contribution in [-0.2, 0) is 6.54 Å². The average molecular weight is 265 g/mol. The molecule has 0 N–H and O–H groups in total. The molecule has 5 rings (SSSR count). The van der Waals surface area contributed by atoms with E-state index in [0.717, 1.165) is 28.1 Å². The van der Waals surface area contributed by atoms with E-state index in [1.165, 1.54) is 16.1 Å². The Morgan fingerprint density at radius 2 is 2.11 bits per heavy atom. The summed E-state index contributed by atoms with van der Waals surface area (Å²) in [4.78, 5) is 4.44. The fourth-order valence-electron chi connectivity index (χ4n) is 2.79. The maximum atomic E-state index is 5.98. The van der Waals surface area contributed by atoms with E-state index in [1.54, 1.807) is 11.3 Å². The van der Waals surface area contributed by atoms with Gasteiger partial charge in [-0.15, -0.1) is 4.57 Å². The molecule has 0 spiro atoms. The summed E-state index contributed by atoms with van der Waals surface area (Å²) in [6.07, 6.45) is 1.82. The van der Waals surface area contributed by atoms with Gasteiger partial charge in [0.1, 0.15) is 5.52 Å². The molecule has 1 aliphatic heterocycles. The zero-order valence-electron chi connectivity index (χ0n) is 9.96. The first-order valence-corrected chi connectivity index (χ1v) is 7.01. The van der Waals surface area contributed by atoms with E-state index in [4.69, 9.17) is 4.42 Å². The number of furan rings is 1. The molecule has 0 saturated heterocycles. The topological polar surface area (TPSA) is 29.9 Å². The number of hydrogen-bond acceptors (Lipinski definition) is 3. The van der Waals surface area contributed by atoms with Gasteiger partial charge in [-0.3, -0.25) is 4.98 Å². The second-order valence-electron chi connectivity index (χ2n) is 4.74. The molecule has 1 aliphatic rings. The van der Waals surface area contributed by atoms with Crippen molar-refractivity contribution in [3.63, 3.8) is 0 Å². The van der Waals surface area contributed by atoms with E-state index in [1.807, 2.05) is 18.3 Å². The SMILES string of the molecule is c1ccc2c(c1)C[n+]1c-2sc2c3ncccc3oc21. The summed E-state index contributed by atoms with van der Waals surface area (Å²) < 4.78 is 9.39. The number of pyridine rings is 1. The van der Waals surface area contributed by atoms with Crippen molar-refractivity contribution in [3.05, 3.63) is 48.2 Å². The van der Waals surface area contributed by atoms with Crippen molar-refractivity contribution in [2.45, 2.75) is 6.54 Å². The number of benzene rings is 1. The number of fused-ring (bicyclic) bond motifs is 7. The molecule has 0 fully saturated rings. The Hall–Kier alpha value is -2.20. The lowest BCUT2D eigenvalue weighted by molar-refractivity contribution is -0.648. The minimum absolute atomic E-state index is 0.870. The van der Waals surface area contributed by atoms with Gasteiger partial charge < -0.3 is 4.42 Å². The molecule has 0 amide bonds. The molecule has 0 radical (unpaired) electrons. The molecule has 3 nitrogen and oxygen atoms in total. The van der Waals surface area contributed by atoms with Crippen molar-refractivity contribution >= 4 is 32.8 Å². The predicted octanol–water partition coefficient (Wildman–Crippen LogP) is 3.36. The number of nitrogens with zero attached hydrogens (tertiary/aromatic N) is 2. The molecule has 0 unspecified atom stereocenters. The highest BCUT2D eigenvalue weighted by atomic mass is 32.1. The third kappa shape index (κ3) is 1.12. The number of hydrogen-bond donors (Lipinski definition) is 0. The number of thiazole rings is 1. The highest BCUT2D eigenvalue weighted by Gasteiger charge is 2.34. The van der Waals surface area contributed by atoms with Gasteiger partial charge in [-0.1, -0.05) is 29.5 Å². The van der Waals surface area contributed by atoms with Crippen molar-refractivity contribution in [2.24, 2.45) is 0 Å². The first-order chi connectivity index (χ1) is 9.42. The van der Waals surface area contributed by atoms with Crippen molar-refractivity contribution in [3.8, 4) is 10.6 Å². The van der Waals surface area contributed by atoms with Crippen LogP contribution < -0.4 is 4.57 Å². The van der Waals surface area contributed by atoms with Gasteiger partial charge in [-0.2, -0.15) is 0 Å². The lowest BCUT2D eigenvalue weighted by Crippen LogP contribution is -2.29. The maximum absolute atomic E-state index is 5.98. The summed E-state index contributed by atoms with van der Waals surface area (Å²) in [5.74, 6) is 0. The summed E-state index contributed by atoms with van der Waals surface area (Å²) in [7, 11) is 0. The van der Waals surface area contributed by atoms with Crippen molar-refractivity contribution in [2.75, 3.05) is 0 Å². The lowest BCUT2D eigenvalue weighted by Gasteiger charge is -1.89. The molecule has 90 valence electrons. The second kappa shape index (κ2) is 3.22. The molecular formula is C15H9N2OS+. The Kier molecular flexibility index (Phi) is 1.64. The molecule has 1 aromatic carbocycles. The Morgan fingerprint density at radius 3 is 3.11 bits per heavy atom. The molecule has 4 aromatic rings. The summed E-state index contributed by atoms with van der Waals surface area (Å²) in [6, 6.07) is 12.4. The van der Waals surface area contributed by atoms with Crippen LogP contribution in [0.5, 0.6) is 0 Å². The van der Waals surface area contributed by atoms with Crippen molar-refractivity contribution < 1.29 is 8.98 Å². The van der Waals surface area contributed by atoms with Gasteiger partial charge in [0.05, 0.1) is 5.56 Å². The highest BCUT2D eigenvalue weighted by Crippen LogP contribution is 2.38. The molecular weight excluding hydrogens is 256 g/mol. The maximum Gasteiger partial charge on any atom is 0.395 e. The van der Waals surface area contributed by atoms with E-state index in [9.17, 15) is 0 Å². The molecule has 3 aromatic heterocycles. The van der Waals surface area contributed by atoms with Gasteiger partial charge in [-0.25, -0.2) is 0 Å². The standard InChI is InChI=1S/C15H9N2OS/c1-2-5-10-9(4-1)8-17-14-13(19-15(10)17)12-11(18-14)6-3-7-16-12/h1-7H,8H2/q+1. The molecule has 4 heteroatoms. The zero-order chi connectivity index (χ0) is 12.4. The van der Waals surface area contributed by atoms with Gasteiger partial charge in [0, 0.05) is 11.8 Å². The Morgan fingerprint density at radius 1 is 1.16 bits per heavy atom. The molecule has 0 saturated carbocycles. The lowest BCUT2D eigenvalue weighted by atomic mass is 10.1. The van der Waals surface area contributed by atoms with Crippen molar-refractivity contribution in [1.29, 1.82) is 0 Å². The van der Waals surface area contributed by atoms with Gasteiger partial charge in [-0.05, 0) is 18.2 Å². The van der Waals surface area contributed by atoms with Crippen LogP contribution in [0, 0.1) is 0 Å². The number of rotatable bonds is 0. The molecule has 0 aliphatic carbocycles. The van der Waals surface area contributed by atoms with Crippen LogP contribution >= 0.6 is 11.3 Å². The first-order valence-electron chi connectivity index (χ1n) is 6.20. The van der Waals surface area contributed by atoms with Crippen LogP contribution in [0.15, 0.2) is 47.0 Å². The fourth-order valence-corrected chi connectivity index (χ4v) is 4.04. The summed E-state index contributed by atoms with van der Waals surface area (Å²) in [6.45, 7) is 0.894. The van der Waals surface area contributed by atoms with E-state index in [2.05, 4.69) is 33.8 Å². The van der Waals surface area contributed by atoms with E-state index < -0.39 is 0 Å². The molecule has 0 atom stereocenters. The van der Waals surface area contributed by atoms with Gasteiger partial charge >= 0.3 is 5.71 Å². The Labute approximate surface area is 112 Å². The molecule has 19 heavy (non-hydrogen) atoms. The Bertz CT molecular complexity index is 951. The van der Waals surface area contributed by atoms with Crippen LogP contribution in [0.2, 0.25) is 0 Å². The minimum atomic E-state index is 0.870. The summed E-state index contributed by atoms with van der Waals surface area (Å²) >= 11 is 1.77. The Balaban J connectivity index is 1.93. The van der Waals surface area contributed by atoms with Crippen LogP contribution in [0.25, 0.3) is 32.1 Å². The second-order valence-corrected chi connectivity index (χ2v) is 5.74. The third-order valence-electron chi connectivity index (χ3n) is 3.65. The monoisotopic (exact) mass is 265 g/mol. The molecule has 4 heterocycles. The highest BCUT2D eigenvalue weighted by molar-refractivity contribution is 7.22. The van der Waals surface area contributed by atoms with Gasteiger partial charge in [0.15, 0.2) is 16.8 Å². The fraction of sp³-hybridized carbons (Fsp3) is 0.0667. The van der Waals surface area contributed by atoms with Gasteiger partial charge in [0.2, 0.25) is 0 Å². The van der Waals surface area contributed by atoms with E-state index in [-0.39, 0.29) is 0 Å². The van der Waals surface area contributed by atoms with Crippen LogP contribution in [-0.4, -0.2) is 4.98 Å². The number of aromatic nitrogens is 2. The summed E-state index contributed by atoms with van der Waals surface area (Å²) in [5, 5.41) is 1.27. The van der Waals surface area contributed by atoms with E-state index in [0.29, 0.717) is 0 Å². The van der Waals surface area contributed by atoms with Gasteiger partial charge in [0.25, 0.3) is 5.01 Å². The zero-order valence-corrected chi connectivity index (χ0v) is 10.8.